The number of rotatable bonds is 2. The highest BCUT2D eigenvalue weighted by Gasteiger charge is 2.34. The molecule has 2 aromatic carbocycles. The molecule has 2 aromatic rings. The van der Waals surface area contributed by atoms with Crippen LogP contribution < -0.4 is 0 Å². The molecule has 0 unspecified atom stereocenters. The summed E-state index contributed by atoms with van der Waals surface area (Å²) in [5.41, 5.74) is 0.313. The van der Waals surface area contributed by atoms with E-state index in [9.17, 15) is 13.6 Å². The Morgan fingerprint density at radius 2 is 1.77 bits per heavy atom. The molecule has 3 rings (SSSR count). The summed E-state index contributed by atoms with van der Waals surface area (Å²) in [4.78, 5) is 14.1. The number of halogens is 3. The molecule has 0 aliphatic carbocycles. The molecular weight excluding hydrogens is 308 g/mol. The van der Waals surface area contributed by atoms with E-state index in [1.54, 1.807) is 6.07 Å². The molecule has 114 valence electrons. The van der Waals surface area contributed by atoms with Crippen LogP contribution in [0.5, 0.6) is 0 Å². The van der Waals surface area contributed by atoms with Gasteiger partial charge in [-0.15, -0.1) is 0 Å². The number of likely N-dealkylation sites (tertiary alicyclic amines) is 1. The Hall–Kier alpha value is -1.94. The average Bonchev–Trinajstić information content (AvgIpc) is 2.96. The second kappa shape index (κ2) is 6.05. The SMILES string of the molecule is O=C(c1c(F)cccc1F)N1CCC[C@@H]1c1ccccc1Cl. The molecule has 5 heteroatoms. The number of hydrogen-bond donors (Lipinski definition) is 0. The fourth-order valence-electron chi connectivity index (χ4n) is 2.92. The molecule has 1 fully saturated rings. The highest BCUT2D eigenvalue weighted by atomic mass is 35.5. The summed E-state index contributed by atoms with van der Waals surface area (Å²) in [5, 5.41) is 0.557. The Labute approximate surface area is 132 Å². The topological polar surface area (TPSA) is 20.3 Å². The first-order chi connectivity index (χ1) is 10.6. The van der Waals surface area contributed by atoms with Crippen molar-refractivity contribution in [2.45, 2.75) is 18.9 Å². The van der Waals surface area contributed by atoms with Crippen LogP contribution in [-0.4, -0.2) is 17.4 Å². The minimum Gasteiger partial charge on any atom is -0.331 e. The van der Waals surface area contributed by atoms with Crippen molar-refractivity contribution in [1.29, 1.82) is 0 Å². The van der Waals surface area contributed by atoms with Gasteiger partial charge in [0.25, 0.3) is 5.91 Å². The van der Waals surface area contributed by atoms with Crippen LogP contribution in [0.3, 0.4) is 0 Å². The van der Waals surface area contributed by atoms with Crippen LogP contribution in [0.1, 0.15) is 34.8 Å². The Balaban J connectivity index is 1.97. The molecule has 1 aliphatic heterocycles. The number of carbonyl (C=O) groups is 1. The number of amides is 1. The minimum absolute atomic E-state index is 0.250. The summed E-state index contributed by atoms with van der Waals surface area (Å²) in [6.45, 7) is 0.461. The molecule has 0 radical (unpaired) electrons. The van der Waals surface area contributed by atoms with Gasteiger partial charge in [-0.2, -0.15) is 0 Å². The molecule has 1 saturated heterocycles. The van der Waals surface area contributed by atoms with E-state index in [2.05, 4.69) is 0 Å². The fourth-order valence-corrected chi connectivity index (χ4v) is 3.19. The van der Waals surface area contributed by atoms with E-state index in [1.807, 2.05) is 18.2 Å². The standard InChI is InChI=1S/C17H14ClF2NO/c18-12-6-2-1-5-11(12)15-9-4-10-21(15)17(22)16-13(19)7-3-8-14(16)20/h1-3,5-8,15H,4,9-10H2/t15-/m1/s1. The zero-order valence-electron chi connectivity index (χ0n) is 11.7. The quantitative estimate of drug-likeness (QED) is 0.792. The van der Waals surface area contributed by atoms with E-state index in [0.717, 1.165) is 30.5 Å². The monoisotopic (exact) mass is 321 g/mol. The largest absolute Gasteiger partial charge is 0.331 e. The first-order valence-corrected chi connectivity index (χ1v) is 7.47. The van der Waals surface area contributed by atoms with Crippen LogP contribution in [0.15, 0.2) is 42.5 Å². The number of benzene rings is 2. The molecule has 1 heterocycles. The Kier molecular flexibility index (Phi) is 4.12. The van der Waals surface area contributed by atoms with Gasteiger partial charge in [-0.1, -0.05) is 35.9 Å². The predicted octanol–water partition coefficient (Wildman–Crippen LogP) is 4.60. The fraction of sp³-hybridized carbons (Fsp3) is 0.235. The van der Waals surface area contributed by atoms with Crippen molar-refractivity contribution in [1.82, 2.24) is 4.90 Å². The third-order valence-electron chi connectivity index (χ3n) is 3.95. The van der Waals surface area contributed by atoms with Gasteiger partial charge in [-0.3, -0.25) is 4.79 Å². The minimum atomic E-state index is -0.838. The lowest BCUT2D eigenvalue weighted by Crippen LogP contribution is -2.32. The molecule has 0 bridgehead atoms. The Morgan fingerprint density at radius 1 is 1.09 bits per heavy atom. The molecule has 0 aromatic heterocycles. The van der Waals surface area contributed by atoms with Crippen LogP contribution in [0, 0.1) is 11.6 Å². The maximum absolute atomic E-state index is 13.8. The number of nitrogens with zero attached hydrogens (tertiary/aromatic N) is 1. The summed E-state index contributed by atoms with van der Waals surface area (Å²) in [6.07, 6.45) is 1.50. The van der Waals surface area contributed by atoms with Gasteiger partial charge in [-0.25, -0.2) is 8.78 Å². The Morgan fingerprint density at radius 3 is 2.45 bits per heavy atom. The van der Waals surface area contributed by atoms with Crippen molar-refractivity contribution in [3.8, 4) is 0 Å². The summed E-state index contributed by atoms with van der Waals surface area (Å²) < 4.78 is 27.7. The normalized spacial score (nSPS) is 17.8. The zero-order valence-corrected chi connectivity index (χ0v) is 12.5. The van der Waals surface area contributed by atoms with Gasteiger partial charge in [0, 0.05) is 11.6 Å². The van der Waals surface area contributed by atoms with E-state index < -0.39 is 23.1 Å². The van der Waals surface area contributed by atoms with Gasteiger partial charge < -0.3 is 4.90 Å². The van der Waals surface area contributed by atoms with Gasteiger partial charge in [0.2, 0.25) is 0 Å². The van der Waals surface area contributed by atoms with E-state index in [4.69, 9.17) is 11.6 Å². The Bertz CT molecular complexity index is 699. The summed E-state index contributed by atoms with van der Waals surface area (Å²) >= 11 is 6.20. The van der Waals surface area contributed by atoms with Crippen molar-refractivity contribution in [3.05, 3.63) is 70.2 Å². The van der Waals surface area contributed by atoms with E-state index in [0.29, 0.717) is 11.6 Å². The molecular formula is C17H14ClF2NO. The lowest BCUT2D eigenvalue weighted by molar-refractivity contribution is 0.0726. The van der Waals surface area contributed by atoms with Crippen LogP contribution in [0.4, 0.5) is 8.78 Å². The van der Waals surface area contributed by atoms with Crippen molar-refractivity contribution < 1.29 is 13.6 Å². The predicted molar refractivity (Wildman–Crippen MR) is 80.8 cm³/mol. The lowest BCUT2D eigenvalue weighted by atomic mass is 10.0. The van der Waals surface area contributed by atoms with Crippen molar-refractivity contribution in [3.63, 3.8) is 0 Å². The van der Waals surface area contributed by atoms with Gasteiger partial charge in [-0.05, 0) is 36.6 Å². The van der Waals surface area contributed by atoms with Crippen molar-refractivity contribution >= 4 is 17.5 Å². The maximum Gasteiger partial charge on any atom is 0.260 e. The molecule has 2 nitrogen and oxygen atoms in total. The average molecular weight is 322 g/mol. The van der Waals surface area contributed by atoms with Gasteiger partial charge in [0.1, 0.15) is 17.2 Å². The molecule has 0 spiro atoms. The third kappa shape index (κ3) is 2.59. The molecule has 0 N–H and O–H groups in total. The zero-order chi connectivity index (χ0) is 15.7. The highest BCUT2D eigenvalue weighted by molar-refractivity contribution is 6.31. The molecule has 0 saturated carbocycles. The van der Waals surface area contributed by atoms with Crippen molar-refractivity contribution in [2.75, 3.05) is 6.54 Å². The molecule has 1 atom stereocenters. The molecule has 1 amide bonds. The van der Waals surface area contributed by atoms with E-state index in [-0.39, 0.29) is 6.04 Å². The molecule has 22 heavy (non-hydrogen) atoms. The van der Waals surface area contributed by atoms with Gasteiger partial charge in [0.05, 0.1) is 6.04 Å². The number of carbonyl (C=O) groups excluding carboxylic acids is 1. The number of hydrogen-bond acceptors (Lipinski definition) is 1. The van der Waals surface area contributed by atoms with Crippen LogP contribution >= 0.6 is 11.6 Å². The van der Waals surface area contributed by atoms with Crippen LogP contribution in [-0.2, 0) is 0 Å². The first kappa shape index (κ1) is 15.0. The first-order valence-electron chi connectivity index (χ1n) is 7.09. The molecule has 1 aliphatic rings. The summed E-state index contributed by atoms with van der Waals surface area (Å²) in [6, 6.07) is 10.4. The highest BCUT2D eigenvalue weighted by Crippen LogP contribution is 2.37. The summed E-state index contributed by atoms with van der Waals surface area (Å²) in [7, 11) is 0. The smallest absolute Gasteiger partial charge is 0.260 e. The van der Waals surface area contributed by atoms with Crippen LogP contribution in [0.2, 0.25) is 5.02 Å². The van der Waals surface area contributed by atoms with E-state index >= 15 is 0 Å². The second-order valence-electron chi connectivity index (χ2n) is 5.27. The van der Waals surface area contributed by atoms with E-state index in [1.165, 1.54) is 11.0 Å². The lowest BCUT2D eigenvalue weighted by Gasteiger charge is -2.26. The second-order valence-corrected chi connectivity index (χ2v) is 5.68. The third-order valence-corrected chi connectivity index (χ3v) is 4.30. The van der Waals surface area contributed by atoms with Crippen molar-refractivity contribution in [2.24, 2.45) is 0 Å². The van der Waals surface area contributed by atoms with Gasteiger partial charge >= 0.3 is 0 Å². The summed E-state index contributed by atoms with van der Waals surface area (Å²) in [5.74, 6) is -2.30. The van der Waals surface area contributed by atoms with Gasteiger partial charge in [0.15, 0.2) is 0 Å². The van der Waals surface area contributed by atoms with Crippen LogP contribution in [0.25, 0.3) is 0 Å². The maximum atomic E-state index is 13.8.